The van der Waals surface area contributed by atoms with Crippen LogP contribution in [0.25, 0.3) is 0 Å². The maximum absolute atomic E-state index is 12.7. The van der Waals surface area contributed by atoms with Crippen LogP contribution < -0.4 is 0 Å². The minimum Gasteiger partial charge on any atom is -0.392 e. The molecule has 0 radical (unpaired) electrons. The topological polar surface area (TPSA) is 46.0 Å². The number of nitrogens with zero attached hydrogens (tertiary/aromatic N) is 2. The minimum absolute atomic E-state index is 0.0824. The van der Waals surface area contributed by atoms with E-state index in [1.165, 1.54) is 6.20 Å². The lowest BCUT2D eigenvalue weighted by Crippen LogP contribution is -2.12. The summed E-state index contributed by atoms with van der Waals surface area (Å²) in [7, 11) is 0. The lowest BCUT2D eigenvalue weighted by atomic mass is 10.2. The molecule has 0 aromatic carbocycles. The number of hydrogen-bond donors (Lipinski definition) is 1. The fourth-order valence-corrected chi connectivity index (χ4v) is 4.14. The Kier molecular flexibility index (Phi) is 4.58. The third-order valence-corrected chi connectivity index (χ3v) is 5.15. The van der Waals surface area contributed by atoms with Crippen molar-refractivity contribution in [2.45, 2.75) is 18.3 Å². The quantitative estimate of drug-likeness (QED) is 0.920. The Morgan fingerprint density at radius 3 is 2.88 bits per heavy atom. The van der Waals surface area contributed by atoms with Gasteiger partial charge in [-0.2, -0.15) is 11.8 Å². The Balaban J connectivity index is 2.26. The zero-order chi connectivity index (χ0) is 12.3. The summed E-state index contributed by atoms with van der Waals surface area (Å²) in [5.74, 6) is 3.38. The van der Waals surface area contributed by atoms with Crippen molar-refractivity contribution < 1.29 is 13.9 Å². The molecule has 3 nitrogen and oxygen atoms in total. The van der Waals surface area contributed by atoms with Gasteiger partial charge in [0.15, 0.2) is 0 Å². The zero-order valence-electron chi connectivity index (χ0n) is 8.97. The van der Waals surface area contributed by atoms with Crippen molar-refractivity contribution in [3.8, 4) is 0 Å². The van der Waals surface area contributed by atoms with E-state index >= 15 is 0 Å². The summed E-state index contributed by atoms with van der Waals surface area (Å²) < 4.78 is 25.5. The van der Waals surface area contributed by atoms with Crippen LogP contribution in [-0.2, 0) is 6.61 Å². The Morgan fingerprint density at radius 1 is 1.47 bits per heavy atom. The molecule has 7 heteroatoms. The molecular formula is C10H12F2N2OS2. The molecule has 0 saturated carbocycles. The SMILES string of the molecule is OCc1cnc(C2CSCCS2)nc1C(F)F. The van der Waals surface area contributed by atoms with Gasteiger partial charge < -0.3 is 5.11 Å². The van der Waals surface area contributed by atoms with Crippen molar-refractivity contribution in [3.05, 3.63) is 23.3 Å². The first-order chi connectivity index (χ1) is 8.22. The zero-order valence-corrected chi connectivity index (χ0v) is 10.6. The second kappa shape index (κ2) is 5.97. The van der Waals surface area contributed by atoms with Crippen molar-refractivity contribution in [2.24, 2.45) is 0 Å². The standard InChI is InChI=1S/C10H12F2N2OS2/c11-9(12)8-6(4-15)3-13-10(14-8)7-5-16-1-2-17-7/h3,7,9,15H,1-2,4-5H2. The van der Waals surface area contributed by atoms with Gasteiger partial charge in [0.1, 0.15) is 11.5 Å². The van der Waals surface area contributed by atoms with Gasteiger partial charge in [-0.25, -0.2) is 18.7 Å². The van der Waals surface area contributed by atoms with Gasteiger partial charge in [0.2, 0.25) is 0 Å². The smallest absolute Gasteiger partial charge is 0.280 e. The fourth-order valence-electron chi connectivity index (χ4n) is 1.54. The van der Waals surface area contributed by atoms with E-state index in [9.17, 15) is 8.78 Å². The molecule has 0 amide bonds. The minimum atomic E-state index is -2.67. The number of aliphatic hydroxyl groups is 1. The molecule has 1 saturated heterocycles. The van der Waals surface area contributed by atoms with Gasteiger partial charge in [-0.05, 0) is 0 Å². The van der Waals surface area contributed by atoms with Crippen LogP contribution in [0.2, 0.25) is 0 Å². The summed E-state index contributed by atoms with van der Waals surface area (Å²) in [4.78, 5) is 7.99. The summed E-state index contributed by atoms with van der Waals surface area (Å²) in [6.45, 7) is -0.452. The second-order valence-electron chi connectivity index (χ2n) is 3.53. The summed E-state index contributed by atoms with van der Waals surface area (Å²) in [6, 6.07) is 0. The molecule has 1 aromatic rings. The van der Waals surface area contributed by atoms with Crippen LogP contribution in [0.5, 0.6) is 0 Å². The molecule has 17 heavy (non-hydrogen) atoms. The van der Waals surface area contributed by atoms with Gasteiger partial charge in [-0.15, -0.1) is 11.8 Å². The highest BCUT2D eigenvalue weighted by molar-refractivity contribution is 8.06. The van der Waals surface area contributed by atoms with Gasteiger partial charge in [0.25, 0.3) is 6.43 Å². The van der Waals surface area contributed by atoms with E-state index in [4.69, 9.17) is 5.11 Å². The van der Waals surface area contributed by atoms with Crippen molar-refractivity contribution >= 4 is 23.5 Å². The third kappa shape index (κ3) is 3.08. The van der Waals surface area contributed by atoms with Crippen molar-refractivity contribution in [3.63, 3.8) is 0 Å². The average molecular weight is 278 g/mol. The second-order valence-corrected chi connectivity index (χ2v) is 5.99. The first kappa shape index (κ1) is 13.0. The fraction of sp³-hybridized carbons (Fsp3) is 0.600. The Hall–Kier alpha value is -0.400. The van der Waals surface area contributed by atoms with Crippen LogP contribution in [0, 0.1) is 0 Å². The maximum atomic E-state index is 12.7. The van der Waals surface area contributed by atoms with Crippen molar-refractivity contribution in [1.82, 2.24) is 9.97 Å². The lowest BCUT2D eigenvalue weighted by Gasteiger charge is -2.20. The number of rotatable bonds is 3. The van der Waals surface area contributed by atoms with E-state index in [-0.39, 0.29) is 16.5 Å². The Morgan fingerprint density at radius 2 is 2.29 bits per heavy atom. The molecule has 2 heterocycles. The van der Waals surface area contributed by atoms with Crippen LogP contribution in [-0.4, -0.2) is 32.3 Å². The number of halogens is 2. The third-order valence-electron chi connectivity index (χ3n) is 2.40. The first-order valence-corrected chi connectivity index (χ1v) is 7.36. The van der Waals surface area contributed by atoms with E-state index in [1.54, 1.807) is 23.5 Å². The number of thioether (sulfide) groups is 2. The normalized spacial score (nSPS) is 20.8. The van der Waals surface area contributed by atoms with Gasteiger partial charge in [0.05, 0.1) is 11.9 Å². The predicted octanol–water partition coefficient (Wildman–Crippen LogP) is 2.43. The number of aromatic nitrogens is 2. The molecule has 0 bridgehead atoms. The summed E-state index contributed by atoms with van der Waals surface area (Å²) in [5.41, 5.74) is -0.231. The molecule has 2 rings (SSSR count). The largest absolute Gasteiger partial charge is 0.392 e. The van der Waals surface area contributed by atoms with Crippen LogP contribution in [0.4, 0.5) is 8.78 Å². The molecule has 1 N–H and O–H groups in total. The summed E-state index contributed by atoms with van der Waals surface area (Å²) in [5, 5.41) is 9.03. The molecule has 0 spiro atoms. The number of aliphatic hydroxyl groups excluding tert-OH is 1. The highest BCUT2D eigenvalue weighted by Gasteiger charge is 2.22. The molecule has 0 aliphatic carbocycles. The van der Waals surface area contributed by atoms with Crippen molar-refractivity contribution in [2.75, 3.05) is 17.3 Å². The van der Waals surface area contributed by atoms with Gasteiger partial charge in [0, 0.05) is 29.0 Å². The van der Waals surface area contributed by atoms with E-state index < -0.39 is 13.0 Å². The van der Waals surface area contributed by atoms with Crippen LogP contribution in [0.1, 0.15) is 28.8 Å². The van der Waals surface area contributed by atoms with Gasteiger partial charge >= 0.3 is 0 Å². The monoisotopic (exact) mass is 278 g/mol. The molecule has 1 aliphatic rings. The number of hydrogen-bond acceptors (Lipinski definition) is 5. The number of alkyl halides is 2. The molecule has 1 unspecified atom stereocenters. The van der Waals surface area contributed by atoms with Gasteiger partial charge in [-0.1, -0.05) is 0 Å². The molecule has 1 aromatic heterocycles. The van der Waals surface area contributed by atoms with E-state index in [2.05, 4.69) is 9.97 Å². The molecular weight excluding hydrogens is 266 g/mol. The Labute approximate surface area is 106 Å². The lowest BCUT2D eigenvalue weighted by molar-refractivity contribution is 0.141. The molecule has 94 valence electrons. The first-order valence-electron chi connectivity index (χ1n) is 5.16. The highest BCUT2D eigenvalue weighted by atomic mass is 32.2. The van der Waals surface area contributed by atoms with Crippen LogP contribution in [0.15, 0.2) is 6.20 Å². The molecule has 1 aliphatic heterocycles. The summed E-state index contributed by atoms with van der Waals surface area (Å²) in [6.07, 6.45) is -1.36. The van der Waals surface area contributed by atoms with Crippen LogP contribution in [0.3, 0.4) is 0 Å². The molecule has 1 fully saturated rings. The summed E-state index contributed by atoms with van der Waals surface area (Å²) >= 11 is 3.48. The predicted molar refractivity (Wildman–Crippen MR) is 65.4 cm³/mol. The maximum Gasteiger partial charge on any atom is 0.280 e. The van der Waals surface area contributed by atoms with Crippen molar-refractivity contribution in [1.29, 1.82) is 0 Å². The Bertz CT molecular complexity index is 387. The average Bonchev–Trinajstić information content (AvgIpc) is 2.39. The van der Waals surface area contributed by atoms with Gasteiger partial charge in [-0.3, -0.25) is 0 Å². The van der Waals surface area contributed by atoms with E-state index in [0.717, 1.165) is 17.3 Å². The van der Waals surface area contributed by atoms with Crippen LogP contribution >= 0.6 is 23.5 Å². The highest BCUT2D eigenvalue weighted by Crippen LogP contribution is 2.35. The van der Waals surface area contributed by atoms with E-state index in [0.29, 0.717) is 5.82 Å². The van der Waals surface area contributed by atoms with E-state index in [1.807, 2.05) is 0 Å². The molecule has 1 atom stereocenters.